The lowest BCUT2D eigenvalue weighted by molar-refractivity contribution is 0.345. The summed E-state index contributed by atoms with van der Waals surface area (Å²) < 4.78 is 5.33. The predicted octanol–water partition coefficient (Wildman–Crippen LogP) is 2.47. The first-order valence-electron chi connectivity index (χ1n) is 5.97. The Balaban J connectivity index is 1.92. The van der Waals surface area contributed by atoms with Crippen LogP contribution in [0.15, 0.2) is 28.8 Å². The Hall–Kier alpha value is -1.68. The Morgan fingerprint density at radius 1 is 1.35 bits per heavy atom. The van der Waals surface area contributed by atoms with Crippen molar-refractivity contribution in [1.29, 1.82) is 0 Å². The van der Waals surface area contributed by atoms with Crippen molar-refractivity contribution in [3.05, 3.63) is 35.7 Å². The topological polar surface area (TPSA) is 51.0 Å². The molecule has 17 heavy (non-hydrogen) atoms. The maximum atomic E-state index is 5.33. The zero-order chi connectivity index (χ0) is 11.7. The number of aryl methyl sites for hydroxylation is 1. The average Bonchev–Trinajstić information content (AvgIpc) is 3.00. The largest absolute Gasteiger partial charge is 0.337 e. The number of aromatic nitrogens is 2. The minimum atomic E-state index is 0.236. The van der Waals surface area contributed by atoms with Crippen LogP contribution < -0.4 is 5.32 Å². The molecule has 2 aromatic rings. The van der Waals surface area contributed by atoms with E-state index in [1.54, 1.807) is 0 Å². The number of rotatable bonds is 2. The van der Waals surface area contributed by atoms with Gasteiger partial charge in [-0.3, -0.25) is 0 Å². The van der Waals surface area contributed by atoms with Crippen LogP contribution in [0.5, 0.6) is 0 Å². The van der Waals surface area contributed by atoms with Gasteiger partial charge in [-0.15, -0.1) is 0 Å². The summed E-state index contributed by atoms with van der Waals surface area (Å²) in [6.07, 6.45) is 2.25. The van der Waals surface area contributed by atoms with Gasteiger partial charge in [0.25, 0.3) is 0 Å². The van der Waals surface area contributed by atoms with Gasteiger partial charge in [-0.05, 0) is 31.9 Å². The van der Waals surface area contributed by atoms with E-state index in [1.165, 1.54) is 12.0 Å². The van der Waals surface area contributed by atoms with Gasteiger partial charge in [0.05, 0.1) is 6.04 Å². The maximum absolute atomic E-state index is 5.33. The molecule has 4 heteroatoms. The van der Waals surface area contributed by atoms with Crippen molar-refractivity contribution in [2.24, 2.45) is 0 Å². The van der Waals surface area contributed by atoms with Crippen LogP contribution in [-0.2, 0) is 0 Å². The predicted molar refractivity (Wildman–Crippen MR) is 64.4 cm³/mol. The third kappa shape index (κ3) is 1.96. The lowest BCUT2D eigenvalue weighted by Gasteiger charge is -2.01. The summed E-state index contributed by atoms with van der Waals surface area (Å²) in [6, 6.07) is 8.32. The van der Waals surface area contributed by atoms with Crippen LogP contribution in [-0.4, -0.2) is 16.7 Å². The second-order valence-corrected chi connectivity index (χ2v) is 4.42. The highest BCUT2D eigenvalue weighted by atomic mass is 16.5. The monoisotopic (exact) mass is 229 g/mol. The fourth-order valence-corrected chi connectivity index (χ4v) is 2.21. The Labute approximate surface area is 100 Å². The second kappa shape index (κ2) is 4.30. The molecule has 1 aromatic carbocycles. The lowest BCUT2D eigenvalue weighted by atomic mass is 10.1. The maximum Gasteiger partial charge on any atom is 0.244 e. The van der Waals surface area contributed by atoms with E-state index in [0.29, 0.717) is 11.7 Å². The van der Waals surface area contributed by atoms with Crippen LogP contribution in [0.1, 0.15) is 30.3 Å². The molecule has 1 aromatic heterocycles. The van der Waals surface area contributed by atoms with Crippen molar-refractivity contribution >= 4 is 0 Å². The molecular formula is C13H15N3O. The minimum absolute atomic E-state index is 0.236. The number of hydrogen-bond donors (Lipinski definition) is 1. The summed E-state index contributed by atoms with van der Waals surface area (Å²) in [7, 11) is 0. The molecule has 0 bridgehead atoms. The molecule has 0 amide bonds. The van der Waals surface area contributed by atoms with Gasteiger partial charge < -0.3 is 9.84 Å². The first kappa shape index (κ1) is 10.5. The SMILES string of the molecule is Cc1ccccc1-c1noc(C2CCCN2)n1. The molecule has 0 radical (unpaired) electrons. The fraction of sp³-hybridized carbons (Fsp3) is 0.385. The summed E-state index contributed by atoms with van der Waals surface area (Å²) in [5.41, 5.74) is 2.21. The van der Waals surface area contributed by atoms with E-state index in [9.17, 15) is 0 Å². The highest BCUT2D eigenvalue weighted by molar-refractivity contribution is 5.58. The van der Waals surface area contributed by atoms with Crippen LogP contribution >= 0.6 is 0 Å². The molecule has 0 aliphatic carbocycles. The van der Waals surface area contributed by atoms with E-state index in [4.69, 9.17) is 4.52 Å². The van der Waals surface area contributed by atoms with Crippen LogP contribution in [0.3, 0.4) is 0 Å². The number of hydrogen-bond acceptors (Lipinski definition) is 4. The Kier molecular flexibility index (Phi) is 2.65. The Morgan fingerprint density at radius 3 is 3.00 bits per heavy atom. The highest BCUT2D eigenvalue weighted by Gasteiger charge is 2.22. The highest BCUT2D eigenvalue weighted by Crippen LogP contribution is 2.25. The Morgan fingerprint density at radius 2 is 2.24 bits per heavy atom. The van der Waals surface area contributed by atoms with E-state index in [1.807, 2.05) is 18.2 Å². The van der Waals surface area contributed by atoms with Gasteiger partial charge in [-0.25, -0.2) is 0 Å². The molecule has 1 saturated heterocycles. The van der Waals surface area contributed by atoms with Gasteiger partial charge >= 0.3 is 0 Å². The van der Waals surface area contributed by atoms with Crippen LogP contribution in [0.4, 0.5) is 0 Å². The fourth-order valence-electron chi connectivity index (χ4n) is 2.21. The summed E-state index contributed by atoms with van der Waals surface area (Å²) in [5, 5.41) is 7.42. The van der Waals surface area contributed by atoms with Crippen LogP contribution in [0.2, 0.25) is 0 Å². The molecule has 4 nitrogen and oxygen atoms in total. The van der Waals surface area contributed by atoms with Gasteiger partial charge in [-0.2, -0.15) is 4.98 Å². The van der Waals surface area contributed by atoms with Crippen molar-refractivity contribution in [2.45, 2.75) is 25.8 Å². The van der Waals surface area contributed by atoms with E-state index in [2.05, 4.69) is 28.4 Å². The van der Waals surface area contributed by atoms with E-state index >= 15 is 0 Å². The molecule has 3 rings (SSSR count). The van der Waals surface area contributed by atoms with Gasteiger partial charge in [0, 0.05) is 5.56 Å². The van der Waals surface area contributed by atoms with E-state index < -0.39 is 0 Å². The number of nitrogens with one attached hydrogen (secondary N) is 1. The second-order valence-electron chi connectivity index (χ2n) is 4.42. The molecule has 1 N–H and O–H groups in total. The molecule has 88 valence electrons. The minimum Gasteiger partial charge on any atom is -0.337 e. The standard InChI is InChI=1S/C13H15N3O/c1-9-5-2-3-6-10(9)12-15-13(17-16-12)11-7-4-8-14-11/h2-3,5-6,11,14H,4,7-8H2,1H3. The average molecular weight is 229 g/mol. The molecule has 1 unspecified atom stereocenters. The molecule has 0 saturated carbocycles. The number of nitrogens with zero attached hydrogens (tertiary/aromatic N) is 2. The zero-order valence-corrected chi connectivity index (χ0v) is 9.81. The summed E-state index contributed by atoms with van der Waals surface area (Å²) in [6.45, 7) is 3.09. The molecule has 1 aliphatic rings. The van der Waals surface area contributed by atoms with Gasteiger partial charge in [0.1, 0.15) is 0 Å². The van der Waals surface area contributed by atoms with Crippen molar-refractivity contribution in [1.82, 2.24) is 15.5 Å². The first-order valence-corrected chi connectivity index (χ1v) is 5.97. The van der Waals surface area contributed by atoms with Crippen LogP contribution in [0, 0.1) is 6.92 Å². The molecule has 1 atom stereocenters. The van der Waals surface area contributed by atoms with Crippen molar-refractivity contribution in [3.63, 3.8) is 0 Å². The van der Waals surface area contributed by atoms with Gasteiger partial charge in [-0.1, -0.05) is 29.4 Å². The summed E-state index contributed by atoms with van der Waals surface area (Å²) >= 11 is 0. The Bertz CT molecular complexity index is 515. The number of benzene rings is 1. The van der Waals surface area contributed by atoms with E-state index in [-0.39, 0.29) is 6.04 Å². The molecule has 2 heterocycles. The first-order chi connectivity index (χ1) is 8.34. The van der Waals surface area contributed by atoms with Crippen molar-refractivity contribution < 1.29 is 4.52 Å². The van der Waals surface area contributed by atoms with Crippen molar-refractivity contribution in [3.8, 4) is 11.4 Å². The molecule has 1 aliphatic heterocycles. The molecule has 1 fully saturated rings. The smallest absolute Gasteiger partial charge is 0.244 e. The lowest BCUT2D eigenvalue weighted by Crippen LogP contribution is -2.12. The van der Waals surface area contributed by atoms with Gasteiger partial charge in [0.15, 0.2) is 0 Å². The summed E-state index contributed by atoms with van der Waals surface area (Å²) in [4.78, 5) is 4.48. The normalized spacial score (nSPS) is 19.7. The molecule has 0 spiro atoms. The van der Waals surface area contributed by atoms with Crippen LogP contribution in [0.25, 0.3) is 11.4 Å². The quantitative estimate of drug-likeness (QED) is 0.859. The third-order valence-electron chi connectivity index (χ3n) is 3.19. The third-order valence-corrected chi connectivity index (χ3v) is 3.19. The van der Waals surface area contributed by atoms with Gasteiger partial charge in [0.2, 0.25) is 11.7 Å². The summed E-state index contributed by atoms with van der Waals surface area (Å²) in [5.74, 6) is 1.40. The zero-order valence-electron chi connectivity index (χ0n) is 9.81. The molecular weight excluding hydrogens is 214 g/mol. The van der Waals surface area contributed by atoms with E-state index in [0.717, 1.165) is 18.5 Å². The van der Waals surface area contributed by atoms with Crippen molar-refractivity contribution in [2.75, 3.05) is 6.54 Å².